The monoisotopic (exact) mass is 326 g/mol. The van der Waals surface area contributed by atoms with Crippen LogP contribution in [0.25, 0.3) is 0 Å². The summed E-state index contributed by atoms with van der Waals surface area (Å²) in [6.45, 7) is 15.5. The lowest BCUT2D eigenvalue weighted by atomic mass is 9.48. The Hall–Kier alpha value is -0.353. The van der Waals surface area contributed by atoms with Crippen LogP contribution >= 0.6 is 0 Å². The van der Waals surface area contributed by atoms with Gasteiger partial charge in [-0.15, -0.1) is 0 Å². The van der Waals surface area contributed by atoms with Crippen LogP contribution in [0.5, 0.6) is 0 Å². The molecule has 2 bridgehead atoms. The number of alkyl halides is 1. The second kappa shape index (κ2) is 4.59. The van der Waals surface area contributed by atoms with Crippen molar-refractivity contribution >= 4 is 8.32 Å². The lowest BCUT2D eigenvalue weighted by Gasteiger charge is -2.63. The molecular weight excluding hydrogens is 295 g/mol. The number of fused-ring (bicyclic) bond motifs is 2. The maximum absolute atomic E-state index is 15.1. The number of ether oxygens (including phenoxy) is 1. The Bertz CT molecular complexity index is 498. The van der Waals surface area contributed by atoms with Gasteiger partial charge in [0, 0.05) is 0 Å². The summed E-state index contributed by atoms with van der Waals surface area (Å²) in [5.74, 6) is 0.304. The van der Waals surface area contributed by atoms with Crippen LogP contribution in [0.1, 0.15) is 47.5 Å². The maximum atomic E-state index is 15.1. The summed E-state index contributed by atoms with van der Waals surface area (Å²) in [7, 11) is -1.90. The number of rotatable bonds is 2. The average Bonchev–Trinajstić information content (AvgIpc) is 2.73. The Kier molecular flexibility index (Phi) is 3.45. The molecule has 22 heavy (non-hydrogen) atoms. The van der Waals surface area contributed by atoms with Crippen molar-refractivity contribution in [1.29, 1.82) is 0 Å². The first-order chi connectivity index (χ1) is 9.96. The molecule has 126 valence electrons. The Labute approximate surface area is 135 Å². The zero-order valence-electron chi connectivity index (χ0n) is 15.1. The minimum absolute atomic E-state index is 0.0570. The molecular formula is C18H31FO2Si. The van der Waals surface area contributed by atoms with Gasteiger partial charge in [-0.1, -0.05) is 27.7 Å². The molecule has 4 aliphatic rings. The highest BCUT2D eigenvalue weighted by molar-refractivity contribution is 6.74. The third-order valence-corrected chi connectivity index (χ3v) is 11.7. The highest BCUT2D eigenvalue weighted by Crippen LogP contribution is 2.65. The zero-order chi connectivity index (χ0) is 16.6. The van der Waals surface area contributed by atoms with Crippen molar-refractivity contribution in [2.24, 2.45) is 17.3 Å². The first kappa shape index (κ1) is 16.5. The summed E-state index contributed by atoms with van der Waals surface area (Å²) in [5.41, 5.74) is -1.04. The van der Waals surface area contributed by atoms with Gasteiger partial charge in [-0.05, 0) is 55.8 Å². The molecule has 0 radical (unpaired) electrons. The van der Waals surface area contributed by atoms with Crippen molar-refractivity contribution < 1.29 is 13.6 Å². The average molecular weight is 327 g/mol. The molecule has 4 heteroatoms. The third-order valence-electron chi connectivity index (χ3n) is 7.28. The molecule has 2 nitrogen and oxygen atoms in total. The fraction of sp³-hybridized carbons (Fsp3) is 0.889. The molecule has 3 aliphatic carbocycles. The molecule has 0 aromatic heterocycles. The highest BCUT2D eigenvalue weighted by atomic mass is 28.4. The van der Waals surface area contributed by atoms with Crippen LogP contribution in [0.15, 0.2) is 12.3 Å². The Morgan fingerprint density at radius 3 is 2.55 bits per heavy atom. The fourth-order valence-corrected chi connectivity index (χ4v) is 6.05. The van der Waals surface area contributed by atoms with Gasteiger partial charge in [0.2, 0.25) is 0 Å². The predicted octanol–water partition coefficient (Wildman–Crippen LogP) is 5.06. The van der Waals surface area contributed by atoms with Crippen LogP contribution in [0, 0.1) is 17.3 Å². The molecule has 0 aromatic carbocycles. The first-order valence-electron chi connectivity index (χ1n) is 8.64. The topological polar surface area (TPSA) is 18.5 Å². The summed E-state index contributed by atoms with van der Waals surface area (Å²) in [4.78, 5) is 0. The van der Waals surface area contributed by atoms with Crippen LogP contribution < -0.4 is 0 Å². The molecule has 1 aliphatic heterocycles. The summed E-state index contributed by atoms with van der Waals surface area (Å²) >= 11 is 0. The van der Waals surface area contributed by atoms with Crippen LogP contribution in [-0.4, -0.2) is 26.2 Å². The van der Waals surface area contributed by atoms with Gasteiger partial charge in [0.1, 0.15) is 11.8 Å². The second-order valence-electron chi connectivity index (χ2n) is 9.33. The van der Waals surface area contributed by atoms with Crippen molar-refractivity contribution in [2.75, 3.05) is 0 Å². The van der Waals surface area contributed by atoms with Crippen molar-refractivity contribution in [3.63, 3.8) is 0 Å². The molecule has 6 atom stereocenters. The van der Waals surface area contributed by atoms with Gasteiger partial charge in [0.25, 0.3) is 0 Å². The Morgan fingerprint density at radius 2 is 1.95 bits per heavy atom. The van der Waals surface area contributed by atoms with Crippen molar-refractivity contribution in [1.82, 2.24) is 0 Å². The fourth-order valence-electron chi connectivity index (χ4n) is 4.63. The number of hydrogen-bond donors (Lipinski definition) is 0. The quantitative estimate of drug-likeness (QED) is 0.660. The van der Waals surface area contributed by atoms with E-state index in [2.05, 4.69) is 46.9 Å². The van der Waals surface area contributed by atoms with Crippen LogP contribution in [0.2, 0.25) is 18.1 Å². The van der Waals surface area contributed by atoms with Gasteiger partial charge in [0.15, 0.2) is 8.32 Å². The minimum atomic E-state index is -1.90. The zero-order valence-corrected chi connectivity index (χ0v) is 16.1. The summed E-state index contributed by atoms with van der Waals surface area (Å²) in [6, 6.07) is 0. The van der Waals surface area contributed by atoms with Gasteiger partial charge in [-0.25, -0.2) is 4.39 Å². The van der Waals surface area contributed by atoms with Gasteiger partial charge >= 0.3 is 0 Å². The molecule has 3 fully saturated rings. The number of halogens is 1. The predicted molar refractivity (Wildman–Crippen MR) is 89.9 cm³/mol. The van der Waals surface area contributed by atoms with Gasteiger partial charge < -0.3 is 9.16 Å². The summed E-state index contributed by atoms with van der Waals surface area (Å²) in [5, 5.41) is 0.161. The Morgan fingerprint density at radius 1 is 1.32 bits per heavy atom. The van der Waals surface area contributed by atoms with E-state index in [0.29, 0.717) is 0 Å². The van der Waals surface area contributed by atoms with Gasteiger partial charge in [-0.3, -0.25) is 0 Å². The Balaban J connectivity index is 2.00. The van der Waals surface area contributed by atoms with Crippen LogP contribution in [0.3, 0.4) is 0 Å². The van der Waals surface area contributed by atoms with Gasteiger partial charge in [-0.2, -0.15) is 0 Å². The molecule has 0 saturated heterocycles. The van der Waals surface area contributed by atoms with E-state index in [1.54, 1.807) is 6.26 Å². The van der Waals surface area contributed by atoms with Crippen LogP contribution in [-0.2, 0) is 9.16 Å². The van der Waals surface area contributed by atoms with Gasteiger partial charge in [0.05, 0.1) is 17.8 Å². The number of hydrogen-bond acceptors (Lipinski definition) is 2. The second-order valence-corrected chi connectivity index (χ2v) is 14.1. The van der Waals surface area contributed by atoms with Crippen LogP contribution in [0.4, 0.5) is 4.39 Å². The largest absolute Gasteiger partial charge is 0.491 e. The first-order valence-corrected chi connectivity index (χ1v) is 11.5. The third kappa shape index (κ3) is 1.86. The van der Waals surface area contributed by atoms with E-state index in [1.165, 1.54) is 0 Å². The molecule has 0 unspecified atom stereocenters. The lowest BCUT2D eigenvalue weighted by molar-refractivity contribution is -0.229. The van der Waals surface area contributed by atoms with Crippen molar-refractivity contribution in [3.8, 4) is 0 Å². The van der Waals surface area contributed by atoms with E-state index in [4.69, 9.17) is 9.16 Å². The maximum Gasteiger partial charge on any atom is 0.192 e. The van der Waals surface area contributed by atoms with E-state index >= 15 is 4.39 Å². The molecule has 0 amide bonds. The van der Waals surface area contributed by atoms with E-state index in [-0.39, 0.29) is 28.4 Å². The normalized spacial score (nSPS) is 47.5. The molecule has 1 heterocycles. The van der Waals surface area contributed by atoms with Crippen molar-refractivity contribution in [2.45, 2.75) is 83.5 Å². The molecule has 0 aromatic rings. The summed E-state index contributed by atoms with van der Waals surface area (Å²) < 4.78 is 27.8. The molecule has 3 saturated carbocycles. The minimum Gasteiger partial charge on any atom is -0.491 e. The molecule has 0 N–H and O–H groups in total. The van der Waals surface area contributed by atoms with E-state index in [0.717, 1.165) is 12.8 Å². The lowest BCUT2D eigenvalue weighted by Crippen LogP contribution is -2.70. The van der Waals surface area contributed by atoms with E-state index in [1.807, 2.05) is 6.92 Å². The summed E-state index contributed by atoms with van der Waals surface area (Å²) in [6.07, 6.45) is 4.95. The SMILES string of the molecule is C[C@@H]1[C@@H]2CC[C@]3(C=CO[C@]3(C)[C@@H]2F)[C@H]1O[Si](C)(C)C(C)(C)C. The standard InChI is InChI=1S/C18H31FO2Si/c1-12-13-8-9-18(10-11-20-17(18,5)14(13)19)15(12)21-22(6,7)16(2,3)4/h10-15H,8-9H2,1-7H3/t12-,13+,14-,15+,17-,18+/m1/s1. The highest BCUT2D eigenvalue weighted by Gasteiger charge is 2.71. The van der Waals surface area contributed by atoms with E-state index in [9.17, 15) is 0 Å². The molecule has 1 spiro atoms. The van der Waals surface area contributed by atoms with E-state index < -0.39 is 20.1 Å². The smallest absolute Gasteiger partial charge is 0.192 e. The molecule has 4 rings (SSSR count). The van der Waals surface area contributed by atoms with Crippen molar-refractivity contribution in [3.05, 3.63) is 12.3 Å².